The van der Waals surface area contributed by atoms with E-state index >= 15 is 0 Å². The van der Waals surface area contributed by atoms with E-state index < -0.39 is 33.9 Å². The molecule has 2 amide bonds. The Morgan fingerprint density at radius 2 is 0.953 bits per heavy atom. The van der Waals surface area contributed by atoms with Gasteiger partial charge in [-0.1, -0.05) is 24.3 Å². The number of hydrogen-bond donors (Lipinski definition) is 2. The van der Waals surface area contributed by atoms with Crippen LogP contribution in [0.25, 0.3) is 0 Å². The van der Waals surface area contributed by atoms with Gasteiger partial charge < -0.3 is 24.8 Å². The SMILES string of the molecule is CC(Oc1ccccc1[N+](=O)[O-])C(=O)Nc1ccc(Oc2ccc(NC(=O)C(C)Oc3ccccc3[N+](=O)[O-])cc2)cc1. The number of carbonyl (C=O) groups excluding carboxylic acids is 2. The van der Waals surface area contributed by atoms with Crippen molar-refractivity contribution in [2.45, 2.75) is 26.1 Å². The Balaban J connectivity index is 1.28. The summed E-state index contributed by atoms with van der Waals surface area (Å²) in [4.78, 5) is 46.3. The monoisotopic (exact) mass is 586 g/mol. The highest BCUT2D eigenvalue weighted by atomic mass is 16.6. The first-order chi connectivity index (χ1) is 20.6. The molecule has 0 saturated heterocycles. The zero-order valence-corrected chi connectivity index (χ0v) is 23.0. The third-order valence-corrected chi connectivity index (χ3v) is 5.95. The zero-order valence-electron chi connectivity index (χ0n) is 23.0. The second-order valence-electron chi connectivity index (χ2n) is 9.10. The Bertz CT molecular complexity index is 1500. The summed E-state index contributed by atoms with van der Waals surface area (Å²) in [6, 6.07) is 24.7. The number of hydrogen-bond acceptors (Lipinski definition) is 9. The number of para-hydroxylation sites is 4. The lowest BCUT2D eigenvalue weighted by molar-refractivity contribution is -0.386. The summed E-state index contributed by atoms with van der Waals surface area (Å²) in [5.74, 6) is -0.0511. The maximum absolute atomic E-state index is 12.6. The standard InChI is InChI=1S/C30H26N4O9/c1-19(41-27-9-5-3-7-25(27)33(37)38)29(35)31-21-11-15-23(16-12-21)43-24-17-13-22(14-18-24)32-30(36)20(2)42-28-10-6-4-8-26(28)34(39)40/h3-20H,1-2H3,(H,31,35)(H,32,36). The molecule has 0 radical (unpaired) electrons. The topological polar surface area (TPSA) is 172 Å². The second-order valence-corrected chi connectivity index (χ2v) is 9.10. The summed E-state index contributed by atoms with van der Waals surface area (Å²) >= 11 is 0. The first-order valence-corrected chi connectivity index (χ1v) is 12.9. The molecule has 2 atom stereocenters. The van der Waals surface area contributed by atoms with Crippen LogP contribution >= 0.6 is 0 Å². The molecule has 2 unspecified atom stereocenters. The van der Waals surface area contributed by atoms with Crippen LogP contribution in [0, 0.1) is 20.2 Å². The highest BCUT2D eigenvalue weighted by Crippen LogP contribution is 2.29. The molecular weight excluding hydrogens is 560 g/mol. The summed E-state index contributed by atoms with van der Waals surface area (Å²) in [5, 5.41) is 27.7. The summed E-state index contributed by atoms with van der Waals surface area (Å²) in [7, 11) is 0. The number of ether oxygens (including phenoxy) is 3. The first-order valence-electron chi connectivity index (χ1n) is 12.9. The number of benzene rings is 4. The van der Waals surface area contributed by atoms with Crippen LogP contribution in [-0.4, -0.2) is 33.9 Å². The van der Waals surface area contributed by atoms with E-state index in [4.69, 9.17) is 14.2 Å². The molecule has 0 bridgehead atoms. The van der Waals surface area contributed by atoms with Crippen molar-refractivity contribution in [2.24, 2.45) is 0 Å². The molecular formula is C30H26N4O9. The van der Waals surface area contributed by atoms with Gasteiger partial charge in [0.2, 0.25) is 0 Å². The van der Waals surface area contributed by atoms with Gasteiger partial charge >= 0.3 is 11.4 Å². The lowest BCUT2D eigenvalue weighted by Gasteiger charge is -2.15. The van der Waals surface area contributed by atoms with Gasteiger partial charge in [-0.25, -0.2) is 0 Å². The van der Waals surface area contributed by atoms with E-state index in [1.54, 1.807) is 60.7 Å². The smallest absolute Gasteiger partial charge is 0.310 e. The average molecular weight is 587 g/mol. The highest BCUT2D eigenvalue weighted by Gasteiger charge is 2.22. The number of nitro benzene ring substituents is 2. The van der Waals surface area contributed by atoms with E-state index in [1.165, 1.54) is 50.2 Å². The van der Waals surface area contributed by atoms with Crippen LogP contribution in [-0.2, 0) is 9.59 Å². The van der Waals surface area contributed by atoms with Crippen molar-refractivity contribution in [1.82, 2.24) is 0 Å². The number of nitrogens with zero attached hydrogens (tertiary/aromatic N) is 2. The number of nitrogens with one attached hydrogen (secondary N) is 2. The van der Waals surface area contributed by atoms with Crippen molar-refractivity contribution in [3.63, 3.8) is 0 Å². The zero-order chi connectivity index (χ0) is 30.9. The van der Waals surface area contributed by atoms with E-state index in [2.05, 4.69) is 10.6 Å². The predicted octanol–water partition coefficient (Wildman–Crippen LogP) is 6.11. The van der Waals surface area contributed by atoms with E-state index in [0.717, 1.165) is 0 Å². The van der Waals surface area contributed by atoms with Gasteiger partial charge in [0.15, 0.2) is 23.7 Å². The molecule has 4 rings (SSSR count). The Morgan fingerprint density at radius 1 is 0.605 bits per heavy atom. The van der Waals surface area contributed by atoms with Crippen LogP contribution in [0.1, 0.15) is 13.8 Å². The fourth-order valence-electron chi connectivity index (χ4n) is 3.74. The molecule has 0 aliphatic heterocycles. The predicted molar refractivity (Wildman–Crippen MR) is 157 cm³/mol. The van der Waals surface area contributed by atoms with Gasteiger partial charge in [-0.15, -0.1) is 0 Å². The van der Waals surface area contributed by atoms with Crippen LogP contribution in [0.4, 0.5) is 22.7 Å². The molecule has 0 heterocycles. The summed E-state index contributed by atoms with van der Waals surface area (Å²) in [6.07, 6.45) is -2.00. The van der Waals surface area contributed by atoms with Gasteiger partial charge in [-0.05, 0) is 74.5 Å². The minimum Gasteiger partial charge on any atom is -0.474 e. The molecule has 13 heteroatoms. The van der Waals surface area contributed by atoms with Gasteiger partial charge in [0, 0.05) is 23.5 Å². The van der Waals surface area contributed by atoms with Gasteiger partial charge in [0.25, 0.3) is 11.8 Å². The fraction of sp³-hybridized carbons (Fsp3) is 0.133. The molecule has 0 aliphatic carbocycles. The van der Waals surface area contributed by atoms with Crippen molar-refractivity contribution >= 4 is 34.6 Å². The van der Waals surface area contributed by atoms with Crippen molar-refractivity contribution in [3.05, 3.63) is 117 Å². The largest absolute Gasteiger partial charge is 0.474 e. The molecule has 0 aromatic heterocycles. The Kier molecular flexibility index (Phi) is 9.48. The molecule has 0 spiro atoms. The van der Waals surface area contributed by atoms with E-state index in [9.17, 15) is 29.8 Å². The lowest BCUT2D eigenvalue weighted by Crippen LogP contribution is -2.30. The Hall–Kier alpha value is -5.98. The van der Waals surface area contributed by atoms with Gasteiger partial charge in [-0.3, -0.25) is 29.8 Å². The van der Waals surface area contributed by atoms with Crippen LogP contribution in [0.5, 0.6) is 23.0 Å². The third-order valence-electron chi connectivity index (χ3n) is 5.95. The number of carbonyl (C=O) groups is 2. The molecule has 4 aromatic carbocycles. The summed E-state index contributed by atoms with van der Waals surface area (Å²) < 4.78 is 16.8. The molecule has 220 valence electrons. The second kappa shape index (κ2) is 13.6. The molecule has 4 aromatic rings. The maximum Gasteiger partial charge on any atom is 0.310 e. The third kappa shape index (κ3) is 8.04. The first kappa shape index (κ1) is 30.0. The molecule has 13 nitrogen and oxygen atoms in total. The molecule has 2 N–H and O–H groups in total. The Morgan fingerprint density at radius 3 is 1.30 bits per heavy atom. The molecule has 43 heavy (non-hydrogen) atoms. The van der Waals surface area contributed by atoms with Crippen LogP contribution in [0.2, 0.25) is 0 Å². The van der Waals surface area contributed by atoms with Crippen molar-refractivity contribution < 1.29 is 33.6 Å². The van der Waals surface area contributed by atoms with Crippen LogP contribution in [0.3, 0.4) is 0 Å². The van der Waals surface area contributed by atoms with Crippen molar-refractivity contribution in [1.29, 1.82) is 0 Å². The fourth-order valence-corrected chi connectivity index (χ4v) is 3.74. The summed E-state index contributed by atoms with van der Waals surface area (Å²) in [6.45, 7) is 2.97. The van der Waals surface area contributed by atoms with Crippen LogP contribution < -0.4 is 24.8 Å². The minimum absolute atomic E-state index is 0.00852. The average Bonchev–Trinajstić information content (AvgIpc) is 2.99. The van der Waals surface area contributed by atoms with E-state index in [-0.39, 0.29) is 22.9 Å². The lowest BCUT2D eigenvalue weighted by atomic mass is 10.2. The van der Waals surface area contributed by atoms with E-state index in [1.807, 2.05) is 0 Å². The quantitative estimate of drug-likeness (QED) is 0.147. The Labute approximate surface area is 245 Å². The molecule has 0 saturated carbocycles. The highest BCUT2D eigenvalue weighted by molar-refractivity contribution is 5.94. The minimum atomic E-state index is -0.998. The number of rotatable bonds is 12. The maximum atomic E-state index is 12.6. The molecule has 0 fully saturated rings. The van der Waals surface area contributed by atoms with Crippen LogP contribution in [0.15, 0.2) is 97.1 Å². The molecule has 0 aliphatic rings. The number of anilines is 2. The number of nitro groups is 2. The van der Waals surface area contributed by atoms with Gasteiger partial charge in [-0.2, -0.15) is 0 Å². The normalized spacial score (nSPS) is 11.9. The van der Waals surface area contributed by atoms with Crippen molar-refractivity contribution in [3.8, 4) is 23.0 Å². The van der Waals surface area contributed by atoms with Gasteiger partial charge in [0.1, 0.15) is 11.5 Å². The van der Waals surface area contributed by atoms with Gasteiger partial charge in [0.05, 0.1) is 9.85 Å². The summed E-state index contributed by atoms with van der Waals surface area (Å²) in [5.41, 5.74) is 0.453. The van der Waals surface area contributed by atoms with Crippen molar-refractivity contribution in [2.75, 3.05) is 10.6 Å². The van der Waals surface area contributed by atoms with E-state index in [0.29, 0.717) is 22.9 Å². The number of amides is 2.